The Morgan fingerprint density at radius 1 is 0.753 bits per heavy atom. The molecule has 10 nitrogen and oxygen atoms in total. The molecule has 470 valence electrons. The van der Waals surface area contributed by atoms with Gasteiger partial charge in [0.05, 0.1) is 35.9 Å². The second-order valence-corrected chi connectivity index (χ2v) is 33.3. The SMILES string of the molecule is CN[C@H]1Cc2c(cccc2CO)C#CC2(CCCC2)C[C@]23CC[C@H]4[C@@](O)([C@H](O)[C@@H]5C[C@@H]6[C@H]7CC=C[C@@H]6C[C@H]6[C@H]8O[C@@H](Cc9cccc(c9)C[C@H]9CC[C@H]7C9)C[C@H]7C[C@@H]9C[C@@H](c%10ccccc%10)CC[C@@H]9[C@]78C[C@@]4(C=O)[C@@]65O)[C@@]2(O)C[C@@H]2C[C@@H]1[C@@H]1OC(=O)C=C1[C@@H]23. The van der Waals surface area contributed by atoms with Gasteiger partial charge in [-0.3, -0.25) is 0 Å². The van der Waals surface area contributed by atoms with Crippen molar-refractivity contribution in [3.8, 4) is 11.8 Å². The van der Waals surface area contributed by atoms with Gasteiger partial charge in [0.15, 0.2) is 0 Å². The molecule has 3 spiro atoms. The number of hydrogen-bond acceptors (Lipinski definition) is 10. The van der Waals surface area contributed by atoms with Crippen LogP contribution in [-0.2, 0) is 44.9 Å². The Morgan fingerprint density at radius 2 is 1.58 bits per heavy atom. The summed E-state index contributed by atoms with van der Waals surface area (Å²) in [6.07, 6.45) is 24.1. The number of likely N-dealkylation sites (N-methyl/N-ethyl adjacent to an activating group) is 1. The summed E-state index contributed by atoms with van der Waals surface area (Å²) in [7, 11) is 1.97. The van der Waals surface area contributed by atoms with Crippen LogP contribution in [0.25, 0.3) is 0 Å². The van der Waals surface area contributed by atoms with Gasteiger partial charge in [-0.05, 0) is 253 Å². The molecular formula is C79H95NO9. The Hall–Kier alpha value is -4.44. The molecule has 14 bridgehead atoms. The Labute approximate surface area is 526 Å². The van der Waals surface area contributed by atoms with E-state index in [1.165, 1.54) is 29.4 Å². The van der Waals surface area contributed by atoms with E-state index in [1.54, 1.807) is 6.08 Å². The third-order valence-corrected chi connectivity index (χ3v) is 30.5. The molecule has 89 heavy (non-hydrogen) atoms. The number of carbonyl (C=O) groups is 2. The smallest absolute Gasteiger partial charge is 0.331 e. The van der Waals surface area contributed by atoms with Gasteiger partial charge in [-0.1, -0.05) is 104 Å². The number of nitrogens with one attached hydrogen (secondary N) is 1. The van der Waals surface area contributed by atoms with Crippen LogP contribution in [0.3, 0.4) is 0 Å². The standard InChI is InChI=1S/C79H95NO9/c1-80-66-38-59-49(14-8-16-53(59)41-81)22-26-73(24-5-6-25-73)42-74-27-23-67-75(44-82)43-76-56(33-54-32-50(20-21-63(54)76)48-12-3-2-4-13-48)36-57-31-46-11-7-10-45(28-46)29-47-18-19-52(30-47)58-17-9-15-51-35-65(72(76)88-57)78(75,86)64(37-60(51)58)71(84)79(67,87)77(74,85)40-55-34-61(66)70-62(69(55)74)39-68(83)89-70/h2-4,7-16,28,39,44,47,50-52,54-58,60-61,63-67,69-72,80-81,84-87H,5-6,17-21,23-25,27,29-38,40-43H2,1H3/t47-,50+,51-,52+,54+,55+,56-,57+,58+,60+,61+,63+,64+,65+,66+,67-,69-,70+,71-,72-,74+,75+,76+,77-,78+,79-/m1/s1. The maximum atomic E-state index is 16.2. The number of aliphatic hydroxyl groups is 5. The molecule has 10 heteroatoms. The van der Waals surface area contributed by atoms with E-state index in [2.05, 4.69) is 90.0 Å². The maximum Gasteiger partial charge on any atom is 0.331 e. The molecule has 16 aliphatic rings. The summed E-state index contributed by atoms with van der Waals surface area (Å²) in [5, 5.41) is 76.2. The quantitative estimate of drug-likeness (QED) is 0.0641. The predicted molar refractivity (Wildman–Crippen MR) is 337 cm³/mol. The van der Waals surface area contributed by atoms with Crippen molar-refractivity contribution >= 4 is 12.3 Å². The van der Waals surface area contributed by atoms with Gasteiger partial charge in [-0.2, -0.15) is 0 Å². The van der Waals surface area contributed by atoms with E-state index < -0.39 is 68.4 Å². The highest BCUT2D eigenvalue weighted by atomic mass is 16.5. The van der Waals surface area contributed by atoms with Crippen molar-refractivity contribution in [3.63, 3.8) is 0 Å². The van der Waals surface area contributed by atoms with E-state index in [1.807, 2.05) is 19.2 Å². The fourth-order valence-electron chi connectivity index (χ4n) is 27.6. The highest BCUT2D eigenvalue weighted by Crippen LogP contribution is 2.82. The van der Waals surface area contributed by atoms with Crippen molar-refractivity contribution in [2.24, 2.45) is 105 Å². The molecule has 3 aromatic carbocycles. The first-order valence-corrected chi connectivity index (χ1v) is 35.8. The molecule has 0 radical (unpaired) electrons. The fourth-order valence-corrected chi connectivity index (χ4v) is 27.6. The molecule has 19 rings (SSSR count). The highest BCUT2D eigenvalue weighted by Gasteiger charge is 2.88. The Morgan fingerprint density at radius 3 is 2.40 bits per heavy atom. The number of allylic oxidation sites excluding steroid dienone is 2. The molecular weight excluding hydrogens is 1110 g/mol. The molecule has 26 atom stereocenters. The van der Waals surface area contributed by atoms with Crippen molar-refractivity contribution in [2.45, 2.75) is 214 Å². The highest BCUT2D eigenvalue weighted by molar-refractivity contribution is 5.86. The Balaban J connectivity index is 0.852. The van der Waals surface area contributed by atoms with E-state index in [9.17, 15) is 15.0 Å². The third-order valence-electron chi connectivity index (χ3n) is 30.5. The van der Waals surface area contributed by atoms with Crippen molar-refractivity contribution in [2.75, 3.05) is 7.05 Å². The molecule has 0 amide bonds. The second-order valence-electron chi connectivity index (χ2n) is 33.3. The zero-order valence-electron chi connectivity index (χ0n) is 52.3. The van der Waals surface area contributed by atoms with E-state index in [4.69, 9.17) is 9.47 Å². The van der Waals surface area contributed by atoms with Gasteiger partial charge in [0, 0.05) is 57.6 Å². The molecule has 3 heterocycles. The number of carbonyl (C=O) groups excluding carboxylic acids is 2. The topological polar surface area (TPSA) is 166 Å². The molecule has 0 unspecified atom stereocenters. The van der Waals surface area contributed by atoms with Crippen molar-refractivity contribution < 1.29 is 44.6 Å². The average molecular weight is 1200 g/mol. The van der Waals surface area contributed by atoms with Crippen LogP contribution >= 0.6 is 0 Å². The summed E-state index contributed by atoms with van der Waals surface area (Å²) in [5.41, 5.74) is -1.93. The number of hydrogen-bond donors (Lipinski definition) is 6. The summed E-state index contributed by atoms with van der Waals surface area (Å²) in [6.45, 7) is -0.122. The zero-order valence-corrected chi connectivity index (χ0v) is 52.3. The lowest BCUT2D eigenvalue weighted by Gasteiger charge is -2.76. The zero-order chi connectivity index (χ0) is 60.2. The second kappa shape index (κ2) is 20.3. The third kappa shape index (κ3) is 7.65. The van der Waals surface area contributed by atoms with Crippen LogP contribution in [0.2, 0.25) is 0 Å². The summed E-state index contributed by atoms with van der Waals surface area (Å²) >= 11 is 0. The van der Waals surface area contributed by atoms with Crippen molar-refractivity contribution in [1.29, 1.82) is 0 Å². The van der Waals surface area contributed by atoms with Crippen LogP contribution in [0, 0.1) is 116 Å². The van der Waals surface area contributed by atoms with E-state index in [0.29, 0.717) is 81.0 Å². The Kier molecular flexibility index (Phi) is 13.0. The summed E-state index contributed by atoms with van der Waals surface area (Å²) in [4.78, 5) is 30.5. The molecule has 0 aromatic heterocycles. The summed E-state index contributed by atoms with van der Waals surface area (Å²) in [6, 6.07) is 26.4. The minimum Gasteiger partial charge on any atom is -0.454 e. The van der Waals surface area contributed by atoms with E-state index in [0.717, 1.165) is 112 Å². The summed E-state index contributed by atoms with van der Waals surface area (Å²) in [5.74, 6) is 6.92. The van der Waals surface area contributed by atoms with Crippen LogP contribution in [-0.4, -0.2) is 92.1 Å². The van der Waals surface area contributed by atoms with Crippen LogP contribution in [0.5, 0.6) is 0 Å². The van der Waals surface area contributed by atoms with Gasteiger partial charge in [-0.25, -0.2) is 4.79 Å². The molecule has 1 saturated heterocycles. The van der Waals surface area contributed by atoms with Gasteiger partial charge < -0.3 is 45.1 Å². The number of aldehydes is 1. The first-order chi connectivity index (χ1) is 43.2. The lowest BCUT2D eigenvalue weighted by molar-refractivity contribution is -0.395. The molecule has 10 saturated carbocycles. The van der Waals surface area contributed by atoms with Crippen molar-refractivity contribution in [1.82, 2.24) is 5.32 Å². The van der Waals surface area contributed by atoms with Crippen LogP contribution < -0.4 is 5.32 Å². The molecule has 13 aliphatic carbocycles. The lowest BCUT2D eigenvalue weighted by Crippen LogP contribution is -2.87. The number of ether oxygens (including phenoxy) is 2. The fraction of sp³-hybridized carbons (Fsp3) is 0.671. The maximum absolute atomic E-state index is 16.2. The first kappa shape index (κ1) is 57.2. The molecule has 3 aliphatic heterocycles. The number of esters is 1. The minimum absolute atomic E-state index is 0.0835. The predicted octanol–water partition coefficient (Wildman–Crippen LogP) is 11.1. The van der Waals surface area contributed by atoms with Gasteiger partial charge in [0.1, 0.15) is 23.6 Å². The number of rotatable bonds is 4. The largest absolute Gasteiger partial charge is 0.454 e. The van der Waals surface area contributed by atoms with Gasteiger partial charge >= 0.3 is 5.97 Å². The Bertz CT molecular complexity index is 3490. The normalized spacial score (nSPS) is 49.6. The van der Waals surface area contributed by atoms with Crippen LogP contribution in [0.4, 0.5) is 0 Å². The molecule has 11 fully saturated rings. The first-order valence-electron chi connectivity index (χ1n) is 35.8. The number of fused-ring (bicyclic) bond motifs is 11. The molecule has 3 aromatic rings. The number of aliphatic hydroxyl groups excluding tert-OH is 2. The lowest BCUT2D eigenvalue weighted by atomic mass is 9.31. The van der Waals surface area contributed by atoms with E-state index in [-0.39, 0.29) is 78.7 Å². The van der Waals surface area contributed by atoms with Crippen LogP contribution in [0.15, 0.2) is 96.6 Å². The van der Waals surface area contributed by atoms with Crippen molar-refractivity contribution in [3.05, 3.63) is 130 Å². The minimum atomic E-state index is -2.24. The number of benzene rings is 3. The van der Waals surface area contributed by atoms with E-state index >= 15 is 20.1 Å². The van der Waals surface area contributed by atoms with Crippen LogP contribution in [0.1, 0.15) is 174 Å². The van der Waals surface area contributed by atoms with Gasteiger partial charge in [0.2, 0.25) is 0 Å². The summed E-state index contributed by atoms with van der Waals surface area (Å²) < 4.78 is 14.7. The average Bonchev–Trinajstić information content (AvgIpc) is 1.63. The van der Waals surface area contributed by atoms with Gasteiger partial charge in [-0.15, -0.1) is 0 Å². The monoisotopic (exact) mass is 1200 g/mol. The molecule has 6 N–H and O–H groups in total. The van der Waals surface area contributed by atoms with Gasteiger partial charge in [0.25, 0.3) is 0 Å².